The standard InChI is InChI=1S/C26H33Cl2N3O4S/c1-18-13-14-21(27)15-24(18)31(36(3,34)35)17-25(32)30(16-20-9-7-8-12-23(20)28)19(2)26(33)29-22-10-5-4-6-11-22/h7-9,12-15,19,22H,4-6,10-11,16-17H2,1-3H3,(H,29,33)/t19-/m1/s1. The lowest BCUT2D eigenvalue weighted by molar-refractivity contribution is -0.139. The lowest BCUT2D eigenvalue weighted by Gasteiger charge is -2.33. The summed E-state index contributed by atoms with van der Waals surface area (Å²) in [6, 6.07) is 11.2. The van der Waals surface area contributed by atoms with E-state index in [1.807, 2.05) is 0 Å². The summed E-state index contributed by atoms with van der Waals surface area (Å²) in [6.45, 7) is 2.98. The molecule has 0 saturated heterocycles. The number of hydrogen-bond acceptors (Lipinski definition) is 4. The first-order chi connectivity index (χ1) is 17.0. The van der Waals surface area contributed by atoms with Gasteiger partial charge in [0.15, 0.2) is 0 Å². The molecule has 0 aromatic heterocycles. The van der Waals surface area contributed by atoms with Crippen LogP contribution >= 0.6 is 23.2 Å². The van der Waals surface area contributed by atoms with Crippen molar-refractivity contribution in [2.45, 2.75) is 64.6 Å². The number of benzene rings is 2. The summed E-state index contributed by atoms with van der Waals surface area (Å²) in [5, 5.41) is 3.88. The Morgan fingerprint density at radius 2 is 1.75 bits per heavy atom. The van der Waals surface area contributed by atoms with Gasteiger partial charge in [0.2, 0.25) is 21.8 Å². The van der Waals surface area contributed by atoms with E-state index in [1.54, 1.807) is 50.2 Å². The second-order valence-corrected chi connectivity index (χ2v) is 12.1. The predicted molar refractivity (Wildman–Crippen MR) is 145 cm³/mol. The summed E-state index contributed by atoms with van der Waals surface area (Å²) in [4.78, 5) is 28.3. The number of hydrogen-bond donors (Lipinski definition) is 1. The van der Waals surface area contributed by atoms with Crippen LogP contribution in [0.4, 0.5) is 5.69 Å². The summed E-state index contributed by atoms with van der Waals surface area (Å²) in [6.07, 6.45) is 6.13. The van der Waals surface area contributed by atoms with Crippen molar-refractivity contribution in [3.63, 3.8) is 0 Å². The Balaban J connectivity index is 1.91. The van der Waals surface area contributed by atoms with Gasteiger partial charge in [0.25, 0.3) is 0 Å². The SMILES string of the molecule is Cc1ccc(Cl)cc1N(CC(=O)N(Cc1ccccc1Cl)[C@H](C)C(=O)NC1CCCCC1)S(C)(=O)=O. The maximum absolute atomic E-state index is 13.7. The molecule has 36 heavy (non-hydrogen) atoms. The van der Waals surface area contributed by atoms with Crippen LogP contribution in [0.1, 0.15) is 50.2 Å². The molecule has 0 spiro atoms. The molecule has 0 heterocycles. The summed E-state index contributed by atoms with van der Waals surface area (Å²) in [5.74, 6) is -0.793. The van der Waals surface area contributed by atoms with Crippen LogP contribution in [0.15, 0.2) is 42.5 Å². The van der Waals surface area contributed by atoms with Crippen molar-refractivity contribution in [1.82, 2.24) is 10.2 Å². The van der Waals surface area contributed by atoms with Gasteiger partial charge in [0.1, 0.15) is 12.6 Å². The average Bonchev–Trinajstić information content (AvgIpc) is 2.83. The highest BCUT2D eigenvalue weighted by Gasteiger charge is 2.32. The first kappa shape index (κ1) is 28.3. The number of nitrogens with zero attached hydrogens (tertiary/aromatic N) is 2. The second-order valence-electron chi connectivity index (χ2n) is 9.33. The smallest absolute Gasteiger partial charge is 0.244 e. The molecule has 1 atom stereocenters. The number of amides is 2. The average molecular weight is 555 g/mol. The van der Waals surface area contributed by atoms with E-state index in [-0.39, 0.29) is 18.5 Å². The van der Waals surface area contributed by atoms with E-state index in [0.29, 0.717) is 26.9 Å². The van der Waals surface area contributed by atoms with Crippen LogP contribution in [0.25, 0.3) is 0 Å². The Morgan fingerprint density at radius 3 is 2.39 bits per heavy atom. The van der Waals surface area contributed by atoms with Crippen LogP contribution in [-0.4, -0.2) is 50.0 Å². The first-order valence-corrected chi connectivity index (χ1v) is 14.6. The summed E-state index contributed by atoms with van der Waals surface area (Å²) < 4.78 is 26.5. The van der Waals surface area contributed by atoms with Crippen LogP contribution in [0.3, 0.4) is 0 Å². The molecule has 0 radical (unpaired) electrons. The lowest BCUT2D eigenvalue weighted by atomic mass is 9.95. The van der Waals surface area contributed by atoms with Crippen molar-refractivity contribution < 1.29 is 18.0 Å². The number of sulfonamides is 1. The summed E-state index contributed by atoms with van der Waals surface area (Å²) >= 11 is 12.5. The maximum atomic E-state index is 13.7. The van der Waals surface area contributed by atoms with Gasteiger partial charge >= 0.3 is 0 Å². The van der Waals surface area contributed by atoms with Crippen molar-refractivity contribution in [3.05, 3.63) is 63.6 Å². The first-order valence-electron chi connectivity index (χ1n) is 12.0. The van der Waals surface area contributed by atoms with Crippen LogP contribution < -0.4 is 9.62 Å². The highest BCUT2D eigenvalue weighted by molar-refractivity contribution is 7.92. The molecule has 10 heteroatoms. The highest BCUT2D eigenvalue weighted by atomic mass is 35.5. The molecule has 196 valence electrons. The molecule has 1 aliphatic carbocycles. The van der Waals surface area contributed by atoms with Gasteiger partial charge in [-0.3, -0.25) is 13.9 Å². The summed E-state index contributed by atoms with van der Waals surface area (Å²) in [5.41, 5.74) is 1.63. The highest BCUT2D eigenvalue weighted by Crippen LogP contribution is 2.27. The largest absolute Gasteiger partial charge is 0.352 e. The van der Waals surface area contributed by atoms with Crippen LogP contribution in [0.5, 0.6) is 0 Å². The molecular formula is C26H33Cl2N3O4S. The van der Waals surface area contributed by atoms with Gasteiger partial charge in [0, 0.05) is 22.6 Å². The Labute approximate surface area is 223 Å². The number of anilines is 1. The van der Waals surface area contributed by atoms with Gasteiger partial charge in [-0.15, -0.1) is 0 Å². The van der Waals surface area contributed by atoms with Gasteiger partial charge in [-0.1, -0.05) is 66.7 Å². The molecule has 3 rings (SSSR count). The van der Waals surface area contributed by atoms with Crippen molar-refractivity contribution in [1.29, 1.82) is 0 Å². The number of aryl methyl sites for hydroxylation is 1. The molecule has 0 bridgehead atoms. The number of carbonyl (C=O) groups excluding carboxylic acids is 2. The van der Waals surface area contributed by atoms with E-state index < -0.39 is 28.5 Å². The number of carbonyl (C=O) groups is 2. The third-order valence-corrected chi connectivity index (χ3v) is 8.27. The molecular weight excluding hydrogens is 521 g/mol. The van der Waals surface area contributed by atoms with Gasteiger partial charge < -0.3 is 10.2 Å². The minimum Gasteiger partial charge on any atom is -0.352 e. The van der Waals surface area contributed by atoms with Crippen LogP contribution in [0, 0.1) is 6.92 Å². The number of nitrogens with one attached hydrogen (secondary N) is 1. The van der Waals surface area contributed by atoms with Crippen molar-refractivity contribution in [2.75, 3.05) is 17.1 Å². The van der Waals surface area contributed by atoms with Crippen molar-refractivity contribution in [3.8, 4) is 0 Å². The van der Waals surface area contributed by atoms with E-state index in [9.17, 15) is 18.0 Å². The zero-order valence-corrected chi connectivity index (χ0v) is 23.2. The fraction of sp³-hybridized carbons (Fsp3) is 0.462. The van der Waals surface area contributed by atoms with Gasteiger partial charge in [-0.25, -0.2) is 8.42 Å². The Bertz CT molecular complexity index is 1200. The number of rotatable bonds is 9. The fourth-order valence-corrected chi connectivity index (χ4v) is 5.67. The summed E-state index contributed by atoms with van der Waals surface area (Å²) in [7, 11) is -3.83. The van der Waals surface area contributed by atoms with Crippen LogP contribution in [-0.2, 0) is 26.2 Å². The van der Waals surface area contributed by atoms with Gasteiger partial charge in [0.05, 0.1) is 11.9 Å². The molecule has 7 nitrogen and oxygen atoms in total. The number of halogens is 2. The normalized spacial score (nSPS) is 15.2. The zero-order chi connectivity index (χ0) is 26.5. The van der Waals surface area contributed by atoms with Crippen molar-refractivity contribution in [2.24, 2.45) is 0 Å². The Hall–Kier alpha value is -2.29. The quantitative estimate of drug-likeness (QED) is 0.476. The molecule has 1 fully saturated rings. The Kier molecular flexibility index (Phi) is 9.66. The minimum atomic E-state index is -3.83. The van der Waals surface area contributed by atoms with Gasteiger partial charge in [-0.2, -0.15) is 0 Å². The fourth-order valence-electron chi connectivity index (χ4n) is 4.41. The molecule has 2 aromatic rings. The molecule has 0 aliphatic heterocycles. The van der Waals surface area contributed by atoms with E-state index in [0.717, 1.165) is 42.7 Å². The minimum absolute atomic E-state index is 0.0594. The zero-order valence-electron chi connectivity index (χ0n) is 20.8. The second kappa shape index (κ2) is 12.3. The molecule has 1 aliphatic rings. The Morgan fingerprint density at radius 1 is 1.08 bits per heavy atom. The van der Waals surface area contributed by atoms with Gasteiger partial charge in [-0.05, 0) is 56.0 Å². The van der Waals surface area contributed by atoms with E-state index >= 15 is 0 Å². The third-order valence-electron chi connectivity index (χ3n) is 6.54. The maximum Gasteiger partial charge on any atom is 0.244 e. The molecule has 1 saturated carbocycles. The molecule has 2 aromatic carbocycles. The lowest BCUT2D eigenvalue weighted by Crippen LogP contribution is -2.53. The predicted octanol–water partition coefficient (Wildman–Crippen LogP) is 4.93. The third kappa shape index (κ3) is 7.37. The molecule has 1 N–H and O–H groups in total. The van der Waals surface area contributed by atoms with Crippen molar-refractivity contribution >= 4 is 50.7 Å². The van der Waals surface area contributed by atoms with E-state index in [4.69, 9.17) is 23.2 Å². The van der Waals surface area contributed by atoms with E-state index in [2.05, 4.69) is 5.32 Å². The topological polar surface area (TPSA) is 86.8 Å². The van der Waals surface area contributed by atoms with Crippen LogP contribution in [0.2, 0.25) is 10.0 Å². The molecule has 0 unspecified atom stereocenters. The van der Waals surface area contributed by atoms with E-state index in [1.165, 1.54) is 11.0 Å². The monoisotopic (exact) mass is 553 g/mol. The molecule has 2 amide bonds.